The second-order valence-electron chi connectivity index (χ2n) is 3.11. The van der Waals surface area contributed by atoms with Crippen LogP contribution in [0.25, 0.3) is 0 Å². The zero-order valence-electron chi connectivity index (χ0n) is 9.40. The van der Waals surface area contributed by atoms with Crippen LogP contribution in [-0.2, 0) is 0 Å². The normalized spacial score (nSPS) is 11.7. The zero-order valence-corrected chi connectivity index (χ0v) is 9.40. The fourth-order valence-electron chi connectivity index (χ4n) is 0.520. The average Bonchev–Trinajstić information content (AvgIpc) is 1.87. The summed E-state index contributed by atoms with van der Waals surface area (Å²) < 4.78 is 0. The van der Waals surface area contributed by atoms with Gasteiger partial charge in [0.25, 0.3) is 0 Å². The Kier molecular flexibility index (Phi) is 20.2. The van der Waals surface area contributed by atoms with Crippen molar-refractivity contribution >= 4 is 0 Å². The molecule has 0 heterocycles. The van der Waals surface area contributed by atoms with Gasteiger partial charge in [-0.2, -0.15) is 0 Å². The molecule has 0 amide bonds. The van der Waals surface area contributed by atoms with Gasteiger partial charge in [-0.1, -0.05) is 65.5 Å². The highest BCUT2D eigenvalue weighted by molar-refractivity contribution is 4.92. The van der Waals surface area contributed by atoms with Crippen molar-refractivity contribution in [1.29, 1.82) is 0 Å². The number of allylic oxidation sites excluding steroid dienone is 2. The van der Waals surface area contributed by atoms with Crippen molar-refractivity contribution in [3.8, 4) is 0 Å². The van der Waals surface area contributed by atoms with Gasteiger partial charge in [-0.25, -0.2) is 0 Å². The number of hydrogen-bond donors (Lipinski definition) is 0. The van der Waals surface area contributed by atoms with E-state index in [4.69, 9.17) is 0 Å². The quantitative estimate of drug-likeness (QED) is 0.514. The van der Waals surface area contributed by atoms with Gasteiger partial charge >= 0.3 is 0 Å². The molecule has 74 valence electrons. The van der Waals surface area contributed by atoms with Crippen LogP contribution in [0.4, 0.5) is 0 Å². The van der Waals surface area contributed by atoms with E-state index in [2.05, 4.69) is 39.8 Å². The van der Waals surface area contributed by atoms with Crippen LogP contribution < -0.4 is 0 Å². The summed E-state index contributed by atoms with van der Waals surface area (Å²) in [5, 5.41) is 0. The van der Waals surface area contributed by atoms with E-state index in [9.17, 15) is 0 Å². The molecule has 0 saturated carbocycles. The Hall–Kier alpha value is -0.260. The minimum atomic E-state index is 1.25. The van der Waals surface area contributed by atoms with E-state index in [-0.39, 0.29) is 0 Å². The molecular formula is C12H26. The fourth-order valence-corrected chi connectivity index (χ4v) is 0.520. The summed E-state index contributed by atoms with van der Waals surface area (Å²) in [5.41, 5.74) is 0. The lowest BCUT2D eigenvalue weighted by Crippen LogP contribution is -1.71. The molecule has 12 heavy (non-hydrogen) atoms. The van der Waals surface area contributed by atoms with Gasteiger partial charge in [0.15, 0.2) is 0 Å². The van der Waals surface area contributed by atoms with Gasteiger partial charge in [-0.15, -0.1) is 0 Å². The molecule has 0 radical (unpaired) electrons. The molecule has 0 heteroatoms. The fraction of sp³-hybridized carbons (Fsp3) is 0.833. The van der Waals surface area contributed by atoms with Crippen LogP contribution in [0.3, 0.4) is 0 Å². The smallest absolute Gasteiger partial charge is 0.0316 e. The summed E-state index contributed by atoms with van der Waals surface area (Å²) in [6, 6.07) is 0. The molecular weight excluding hydrogens is 144 g/mol. The molecule has 0 spiro atoms. The van der Waals surface area contributed by atoms with E-state index in [1.54, 1.807) is 0 Å². The first-order chi connectivity index (χ1) is 5.83. The molecule has 0 fully saturated rings. The number of hydrogen-bond acceptors (Lipinski definition) is 0. The van der Waals surface area contributed by atoms with Gasteiger partial charge in [-0.05, 0) is 12.8 Å². The molecule has 0 bridgehead atoms. The Morgan fingerprint density at radius 3 is 1.08 bits per heavy atom. The second-order valence-corrected chi connectivity index (χ2v) is 3.11. The van der Waals surface area contributed by atoms with Gasteiger partial charge in [0.1, 0.15) is 0 Å². The van der Waals surface area contributed by atoms with E-state index in [0.717, 1.165) is 0 Å². The van der Waals surface area contributed by atoms with Crippen LogP contribution in [0.1, 0.15) is 66.2 Å². The first-order valence-corrected chi connectivity index (χ1v) is 5.48. The maximum Gasteiger partial charge on any atom is -0.0316 e. The van der Waals surface area contributed by atoms with Crippen LogP contribution in [-0.4, -0.2) is 0 Å². The van der Waals surface area contributed by atoms with Crippen molar-refractivity contribution in [3.05, 3.63) is 12.2 Å². The van der Waals surface area contributed by atoms with Gasteiger partial charge in [0, 0.05) is 0 Å². The van der Waals surface area contributed by atoms with Gasteiger partial charge in [0.2, 0.25) is 0 Å². The highest BCUT2D eigenvalue weighted by Gasteiger charge is 1.81. The Balaban J connectivity index is 0. The van der Waals surface area contributed by atoms with E-state index < -0.39 is 0 Å². The van der Waals surface area contributed by atoms with Crippen LogP contribution in [0.2, 0.25) is 0 Å². The summed E-state index contributed by atoms with van der Waals surface area (Å²) in [4.78, 5) is 0. The summed E-state index contributed by atoms with van der Waals surface area (Å²) in [7, 11) is 0. The van der Waals surface area contributed by atoms with Crippen LogP contribution in [0.15, 0.2) is 12.2 Å². The molecule has 1 aliphatic carbocycles. The molecule has 0 nitrogen and oxygen atoms in total. The number of unbranched alkanes of at least 4 members (excludes halogenated alkanes) is 2. The van der Waals surface area contributed by atoms with Crippen molar-refractivity contribution in [2.75, 3.05) is 0 Å². The Labute approximate surface area is 79.1 Å². The Morgan fingerprint density at radius 2 is 1.08 bits per heavy atom. The van der Waals surface area contributed by atoms with Crippen LogP contribution >= 0.6 is 0 Å². The Bertz CT molecular complexity index is 64.1. The maximum absolute atomic E-state index is 2.21. The molecule has 0 aromatic heterocycles. The molecule has 0 aliphatic heterocycles. The molecule has 0 saturated heterocycles. The topological polar surface area (TPSA) is 0 Å². The maximum atomic E-state index is 2.21. The largest absolute Gasteiger partial charge is 0.0882 e. The highest BCUT2D eigenvalue weighted by Crippen LogP contribution is 2.01. The lowest BCUT2D eigenvalue weighted by atomic mass is 10.1. The van der Waals surface area contributed by atoms with Crippen LogP contribution in [0.5, 0.6) is 0 Å². The standard InChI is InChI=1S/C5H12.C4H6.C3H8/c1-3-5-4-2;1-2-4-3-1;1-3-2/h3-5H2,1-2H3;1-2H,3-4H2;3H2,1-2H3. The van der Waals surface area contributed by atoms with Crippen LogP contribution in [0, 0.1) is 0 Å². The molecule has 0 atom stereocenters. The van der Waals surface area contributed by atoms with E-state index in [1.807, 2.05) is 0 Å². The van der Waals surface area contributed by atoms with Gasteiger partial charge in [-0.3, -0.25) is 0 Å². The molecule has 0 aromatic carbocycles. The van der Waals surface area contributed by atoms with Crippen molar-refractivity contribution in [1.82, 2.24) is 0 Å². The van der Waals surface area contributed by atoms with Crippen molar-refractivity contribution < 1.29 is 0 Å². The minimum absolute atomic E-state index is 1.25. The predicted molar refractivity (Wildman–Crippen MR) is 59.5 cm³/mol. The molecule has 1 aliphatic rings. The van der Waals surface area contributed by atoms with Crippen molar-refractivity contribution in [2.24, 2.45) is 0 Å². The molecule has 0 unspecified atom stereocenters. The average molecular weight is 170 g/mol. The van der Waals surface area contributed by atoms with E-state index in [1.165, 1.54) is 38.5 Å². The second kappa shape index (κ2) is 17.0. The third kappa shape index (κ3) is 22.6. The Morgan fingerprint density at radius 1 is 0.833 bits per heavy atom. The highest BCUT2D eigenvalue weighted by atomic mass is 13.9. The zero-order chi connectivity index (χ0) is 9.66. The molecule has 1 rings (SSSR count). The van der Waals surface area contributed by atoms with E-state index in [0.29, 0.717) is 0 Å². The monoisotopic (exact) mass is 170 g/mol. The minimum Gasteiger partial charge on any atom is -0.0882 e. The summed E-state index contributed by atoms with van der Waals surface area (Å²) in [5.74, 6) is 0. The lowest BCUT2D eigenvalue weighted by molar-refractivity contribution is 0.772. The lowest BCUT2D eigenvalue weighted by Gasteiger charge is -1.92. The van der Waals surface area contributed by atoms with Crippen molar-refractivity contribution in [2.45, 2.75) is 66.2 Å². The summed E-state index contributed by atoms with van der Waals surface area (Å²) in [6.45, 7) is 8.67. The third-order valence-corrected chi connectivity index (χ3v) is 1.37. The first kappa shape index (κ1) is 14.3. The SMILES string of the molecule is C1=CCC1.CCC.CCCCC. The van der Waals surface area contributed by atoms with Crippen molar-refractivity contribution in [3.63, 3.8) is 0 Å². The molecule has 0 aromatic rings. The van der Waals surface area contributed by atoms with E-state index >= 15 is 0 Å². The summed E-state index contributed by atoms with van der Waals surface area (Å²) in [6.07, 6.45) is 12.3. The third-order valence-electron chi connectivity index (χ3n) is 1.37. The predicted octanol–water partition coefficient (Wildman–Crippen LogP) is 4.95. The van der Waals surface area contributed by atoms with Gasteiger partial charge < -0.3 is 0 Å². The van der Waals surface area contributed by atoms with Gasteiger partial charge in [0.05, 0.1) is 0 Å². The molecule has 0 N–H and O–H groups in total. The first-order valence-electron chi connectivity index (χ1n) is 5.48. The summed E-state index contributed by atoms with van der Waals surface area (Å²) >= 11 is 0. The number of rotatable bonds is 2.